The molecule has 0 aliphatic carbocycles. The van der Waals surface area contributed by atoms with Crippen molar-refractivity contribution in [2.45, 2.75) is 32.6 Å². The summed E-state index contributed by atoms with van der Waals surface area (Å²) in [7, 11) is 0. The van der Waals surface area contributed by atoms with Crippen molar-refractivity contribution in [2.75, 3.05) is 0 Å². The number of esters is 1. The van der Waals surface area contributed by atoms with Crippen molar-refractivity contribution in [3.05, 3.63) is 89.5 Å². The van der Waals surface area contributed by atoms with Crippen LogP contribution < -0.4 is 4.74 Å². The van der Waals surface area contributed by atoms with Crippen molar-refractivity contribution in [3.8, 4) is 5.75 Å². The zero-order valence-electron chi connectivity index (χ0n) is 15.3. The van der Waals surface area contributed by atoms with Gasteiger partial charge in [-0.3, -0.25) is 0 Å². The smallest absolute Gasteiger partial charge is 0.330 e. The fraction of sp³-hybridized carbons (Fsp3) is 0.227. The molecule has 0 saturated heterocycles. The van der Waals surface area contributed by atoms with Crippen LogP contribution in [0.3, 0.4) is 0 Å². The third-order valence-electron chi connectivity index (χ3n) is 4.48. The number of allylic oxidation sites excluding steroid dienone is 6. The van der Waals surface area contributed by atoms with Gasteiger partial charge in [0.1, 0.15) is 16.9 Å². The second-order valence-electron chi connectivity index (χ2n) is 6.07. The van der Waals surface area contributed by atoms with Gasteiger partial charge in [0.05, 0.1) is 5.76 Å². The lowest BCUT2D eigenvalue weighted by Gasteiger charge is -2.29. The molecule has 1 atom stereocenters. The van der Waals surface area contributed by atoms with E-state index in [1.807, 2.05) is 45.0 Å². The van der Waals surface area contributed by atoms with Crippen LogP contribution in [0.25, 0.3) is 0 Å². The van der Waals surface area contributed by atoms with Crippen LogP contribution in [-0.2, 0) is 10.2 Å². The normalized spacial score (nSPS) is 21.0. The summed E-state index contributed by atoms with van der Waals surface area (Å²) >= 11 is 0. The summed E-state index contributed by atoms with van der Waals surface area (Å²) < 4.78 is 5.54. The molecule has 1 aliphatic rings. The Bertz CT molecular complexity index is 839. The largest absolute Gasteiger partial charge is 0.512 e. The number of hydrogen-bond acceptors (Lipinski definition) is 4. The average Bonchev–Trinajstić information content (AvgIpc) is 2.92. The molecule has 1 heterocycles. The summed E-state index contributed by atoms with van der Waals surface area (Å²) in [5.41, 5.74) is 0.931. The lowest BCUT2D eigenvalue weighted by Crippen LogP contribution is -2.36. The number of aliphatic hydroxyl groups excluding tert-OH is 2. The van der Waals surface area contributed by atoms with E-state index in [1.165, 1.54) is 6.08 Å². The number of rotatable bonds is 6. The molecule has 1 unspecified atom stereocenters. The van der Waals surface area contributed by atoms with Gasteiger partial charge in [-0.05, 0) is 43.2 Å². The Kier molecular flexibility index (Phi) is 5.88. The molecule has 0 saturated carbocycles. The first-order valence-corrected chi connectivity index (χ1v) is 8.49. The Hall–Kier alpha value is -3.01. The van der Waals surface area contributed by atoms with Crippen LogP contribution in [0.1, 0.15) is 32.8 Å². The van der Waals surface area contributed by atoms with E-state index in [0.717, 1.165) is 5.56 Å². The highest BCUT2D eigenvalue weighted by molar-refractivity contribution is 5.98. The summed E-state index contributed by atoms with van der Waals surface area (Å²) in [6, 6.07) is 7.27. The minimum absolute atomic E-state index is 0.107. The maximum atomic E-state index is 13.0. The summed E-state index contributed by atoms with van der Waals surface area (Å²) in [6.07, 6.45) is 8.73. The standard InChI is InChI=1S/C22H24O4/c1-5-17(13-12-16(4)23)22(15(3)11-14-18(24)6-2)19-9-7-8-10-20(19)26-21(22)25/h5,7-14,23-24H,4,6H2,1-3H3/b13-12-,15-11+,17-5+,18-14+. The molecular weight excluding hydrogens is 328 g/mol. The average molecular weight is 352 g/mol. The number of para-hydroxylation sites is 1. The topological polar surface area (TPSA) is 66.8 Å². The highest BCUT2D eigenvalue weighted by Gasteiger charge is 2.52. The first kappa shape index (κ1) is 19.3. The molecule has 4 nitrogen and oxygen atoms in total. The van der Waals surface area contributed by atoms with E-state index < -0.39 is 11.4 Å². The molecular formula is C22H24O4. The van der Waals surface area contributed by atoms with Gasteiger partial charge in [-0.25, -0.2) is 4.79 Å². The molecule has 0 bridgehead atoms. The molecule has 2 N–H and O–H groups in total. The summed E-state index contributed by atoms with van der Waals surface area (Å²) in [4.78, 5) is 13.0. The Morgan fingerprint density at radius 1 is 1.23 bits per heavy atom. The van der Waals surface area contributed by atoms with Crippen LogP contribution >= 0.6 is 0 Å². The number of benzene rings is 1. The molecule has 1 aliphatic heterocycles. The molecule has 0 aromatic heterocycles. The van der Waals surface area contributed by atoms with Crippen LogP contribution in [0.15, 0.2) is 83.9 Å². The van der Waals surface area contributed by atoms with Crippen molar-refractivity contribution < 1.29 is 19.7 Å². The first-order chi connectivity index (χ1) is 12.4. The Morgan fingerprint density at radius 3 is 2.54 bits per heavy atom. The molecule has 26 heavy (non-hydrogen) atoms. The molecule has 0 spiro atoms. The van der Waals surface area contributed by atoms with Crippen molar-refractivity contribution >= 4 is 5.97 Å². The quantitative estimate of drug-likeness (QED) is 0.319. The highest BCUT2D eigenvalue weighted by Crippen LogP contribution is 2.49. The monoisotopic (exact) mass is 352 g/mol. The zero-order chi connectivity index (χ0) is 19.3. The van der Waals surface area contributed by atoms with Crippen molar-refractivity contribution in [1.29, 1.82) is 0 Å². The van der Waals surface area contributed by atoms with Gasteiger partial charge in [0.2, 0.25) is 0 Å². The second kappa shape index (κ2) is 7.91. The van der Waals surface area contributed by atoms with Crippen LogP contribution in [0.4, 0.5) is 0 Å². The van der Waals surface area contributed by atoms with Crippen molar-refractivity contribution in [1.82, 2.24) is 0 Å². The van der Waals surface area contributed by atoms with E-state index >= 15 is 0 Å². The molecule has 0 radical (unpaired) electrons. The number of carbonyl (C=O) groups is 1. The van der Waals surface area contributed by atoms with Crippen LogP contribution in [0.2, 0.25) is 0 Å². The molecule has 1 aromatic rings. The zero-order valence-corrected chi connectivity index (χ0v) is 15.3. The third kappa shape index (κ3) is 3.36. The van der Waals surface area contributed by atoms with Gasteiger partial charge in [0.15, 0.2) is 0 Å². The number of aliphatic hydroxyl groups is 2. The Morgan fingerprint density at radius 2 is 1.92 bits per heavy atom. The minimum Gasteiger partial charge on any atom is -0.512 e. The second-order valence-corrected chi connectivity index (χ2v) is 6.07. The van der Waals surface area contributed by atoms with Gasteiger partial charge >= 0.3 is 5.97 Å². The van der Waals surface area contributed by atoms with Crippen molar-refractivity contribution in [2.24, 2.45) is 0 Å². The van der Waals surface area contributed by atoms with E-state index in [1.54, 1.807) is 24.3 Å². The molecule has 0 amide bonds. The predicted molar refractivity (Wildman–Crippen MR) is 103 cm³/mol. The van der Waals surface area contributed by atoms with Gasteiger partial charge in [-0.1, -0.05) is 49.9 Å². The summed E-state index contributed by atoms with van der Waals surface area (Å²) in [5.74, 6) is 0.201. The summed E-state index contributed by atoms with van der Waals surface area (Å²) in [5, 5.41) is 19.2. The third-order valence-corrected chi connectivity index (χ3v) is 4.48. The lowest BCUT2D eigenvalue weighted by molar-refractivity contribution is -0.135. The first-order valence-electron chi connectivity index (χ1n) is 8.49. The molecule has 0 fully saturated rings. The van der Waals surface area contributed by atoms with Crippen LogP contribution in [0.5, 0.6) is 5.75 Å². The van der Waals surface area contributed by atoms with Crippen LogP contribution in [-0.4, -0.2) is 16.2 Å². The van der Waals surface area contributed by atoms with Gasteiger partial charge in [-0.15, -0.1) is 0 Å². The number of carbonyl (C=O) groups excluding carboxylic acids is 1. The number of fused-ring (bicyclic) bond motifs is 1. The maximum Gasteiger partial charge on any atom is 0.330 e. The molecule has 4 heteroatoms. The molecule has 1 aromatic carbocycles. The summed E-state index contributed by atoms with van der Waals surface area (Å²) in [6.45, 7) is 8.95. The van der Waals surface area contributed by atoms with E-state index in [9.17, 15) is 15.0 Å². The fourth-order valence-electron chi connectivity index (χ4n) is 3.11. The Balaban J connectivity index is 2.75. The fourth-order valence-corrected chi connectivity index (χ4v) is 3.11. The van der Waals surface area contributed by atoms with Gasteiger partial charge in [-0.2, -0.15) is 0 Å². The lowest BCUT2D eigenvalue weighted by atomic mass is 9.69. The highest BCUT2D eigenvalue weighted by atomic mass is 16.5. The van der Waals surface area contributed by atoms with Crippen molar-refractivity contribution in [3.63, 3.8) is 0 Å². The molecule has 2 rings (SSSR count). The van der Waals surface area contributed by atoms with Gasteiger partial charge in [0.25, 0.3) is 0 Å². The van der Waals surface area contributed by atoms with E-state index in [-0.39, 0.29) is 11.5 Å². The van der Waals surface area contributed by atoms with Crippen LogP contribution in [0, 0.1) is 0 Å². The SMILES string of the molecule is C=C(O)/C=C\C(=C/C)C1(/C(C)=C/C=C(/O)CC)C(=O)Oc2ccccc21. The predicted octanol–water partition coefficient (Wildman–Crippen LogP) is 5.22. The minimum atomic E-state index is -1.15. The van der Waals surface area contributed by atoms with Gasteiger partial charge < -0.3 is 14.9 Å². The number of hydrogen-bond donors (Lipinski definition) is 2. The number of ether oxygens (including phenoxy) is 1. The van der Waals surface area contributed by atoms with E-state index in [2.05, 4.69) is 6.58 Å². The van der Waals surface area contributed by atoms with Gasteiger partial charge in [0, 0.05) is 12.0 Å². The maximum absolute atomic E-state index is 13.0. The van der Waals surface area contributed by atoms with E-state index in [0.29, 0.717) is 23.3 Å². The Labute approximate surface area is 154 Å². The van der Waals surface area contributed by atoms with E-state index in [4.69, 9.17) is 4.74 Å². The molecule has 136 valence electrons.